The molecule has 3 aliphatic rings. The van der Waals surface area contributed by atoms with Crippen molar-refractivity contribution in [2.24, 2.45) is 11.8 Å². The molecule has 2 unspecified atom stereocenters. The smallest absolute Gasteiger partial charge is 0.335 e. The molecule has 44 heavy (non-hydrogen) atoms. The number of halogens is 2. The molecule has 10 nitrogen and oxygen atoms in total. The zero-order chi connectivity index (χ0) is 30.2. The van der Waals surface area contributed by atoms with Crippen molar-refractivity contribution in [1.29, 1.82) is 0 Å². The van der Waals surface area contributed by atoms with Crippen molar-refractivity contribution in [3.63, 3.8) is 0 Å². The largest absolute Gasteiger partial charge is 0.478 e. The van der Waals surface area contributed by atoms with Gasteiger partial charge >= 0.3 is 5.97 Å². The summed E-state index contributed by atoms with van der Waals surface area (Å²) in [7, 11) is 0. The second-order valence-corrected chi connectivity index (χ2v) is 12.2. The predicted octanol–water partition coefficient (Wildman–Crippen LogP) is 5.31. The van der Waals surface area contributed by atoms with Crippen molar-refractivity contribution in [2.45, 2.75) is 38.3 Å². The van der Waals surface area contributed by atoms with Crippen LogP contribution in [0.1, 0.15) is 40.3 Å². The molecule has 0 spiro atoms. The molecule has 1 saturated carbocycles. The Morgan fingerprint density at radius 2 is 1.98 bits per heavy atom. The molecule has 8 rings (SSSR count). The van der Waals surface area contributed by atoms with Crippen molar-refractivity contribution in [3.8, 4) is 11.5 Å². The fourth-order valence-corrected chi connectivity index (χ4v) is 7.03. The molecule has 0 amide bonds. The minimum atomic E-state index is -1.18. The molecule has 5 aromatic rings. The van der Waals surface area contributed by atoms with E-state index in [0.29, 0.717) is 65.2 Å². The number of aryl methyl sites for hydroxylation is 2. The zero-order valence-corrected chi connectivity index (χ0v) is 24.5. The van der Waals surface area contributed by atoms with Crippen LogP contribution in [0.3, 0.4) is 0 Å². The summed E-state index contributed by atoms with van der Waals surface area (Å²) >= 11 is 6.04. The number of fused-ring (bicyclic) bond motifs is 3. The van der Waals surface area contributed by atoms with Crippen LogP contribution in [0.25, 0.3) is 11.0 Å². The van der Waals surface area contributed by atoms with Crippen molar-refractivity contribution < 1.29 is 23.8 Å². The topological polar surface area (TPSA) is 108 Å². The Labute approximate surface area is 256 Å². The SMILES string of the molecule is CC1(c2ccc(Cl)cn2)Oc2cccc(C3[C@H]4CN(Cc5nc6c(F)cc(C(=O)O)cc6n5CCn5cccn5)C[C@@H]34)c2O1. The van der Waals surface area contributed by atoms with Crippen molar-refractivity contribution >= 4 is 28.6 Å². The molecule has 224 valence electrons. The first-order valence-electron chi connectivity index (χ1n) is 14.5. The molecule has 12 heteroatoms. The Hall–Kier alpha value is -4.48. The number of aromatic carboxylic acids is 1. The molecule has 2 fully saturated rings. The number of piperidine rings is 1. The average Bonchev–Trinajstić information content (AvgIpc) is 3.54. The molecule has 5 heterocycles. The monoisotopic (exact) mass is 614 g/mol. The maximum atomic E-state index is 15.0. The number of imidazole rings is 1. The standard InChI is InChI=1S/C32H28ClFN6O4/c1-32(26-7-6-19(33)14-35-26)43-25-5-2-4-20(30(25)44-32)28-21-15-38(16-22(21)28)17-27-37-29-23(34)12-18(31(41)42)13-24(29)40(27)11-10-39-9-3-8-36-39/h2-9,12-14,21-22,28H,10-11,15-17H2,1H3,(H,41,42)/t21-,22+,28?,32?. The van der Waals surface area contributed by atoms with Crippen molar-refractivity contribution in [3.05, 3.63) is 101 Å². The number of carboxylic acids is 1. The van der Waals surface area contributed by atoms with E-state index in [9.17, 15) is 9.90 Å². The lowest BCUT2D eigenvalue weighted by Gasteiger charge is -2.23. The molecule has 0 bridgehead atoms. The molecule has 1 aliphatic carbocycles. The molecule has 2 aromatic carbocycles. The Morgan fingerprint density at radius 1 is 1.14 bits per heavy atom. The number of aromatic nitrogens is 5. The first-order valence-corrected chi connectivity index (χ1v) is 14.9. The van der Waals surface area contributed by atoms with Gasteiger partial charge in [0.05, 0.1) is 29.2 Å². The molecular formula is C32H28ClFN6O4. The normalized spacial score (nSPS) is 23.8. The van der Waals surface area contributed by atoms with Gasteiger partial charge < -0.3 is 19.1 Å². The van der Waals surface area contributed by atoms with E-state index in [2.05, 4.69) is 26.0 Å². The van der Waals surface area contributed by atoms with Gasteiger partial charge in [0.2, 0.25) is 0 Å². The second kappa shape index (κ2) is 10.0. The molecule has 4 atom stereocenters. The summed E-state index contributed by atoms with van der Waals surface area (Å²) in [5, 5.41) is 14.4. The summed E-state index contributed by atoms with van der Waals surface area (Å²) in [6, 6.07) is 14.0. The highest BCUT2D eigenvalue weighted by Gasteiger charge is 2.58. The van der Waals surface area contributed by atoms with E-state index in [0.717, 1.165) is 30.5 Å². The first-order chi connectivity index (χ1) is 21.3. The molecule has 0 radical (unpaired) electrons. The van der Waals surface area contributed by atoms with Crippen LogP contribution in [-0.2, 0) is 25.4 Å². The van der Waals surface area contributed by atoms with Gasteiger partial charge in [-0.05, 0) is 54.2 Å². The number of carboxylic acid groups (broad SMARTS) is 1. The van der Waals surface area contributed by atoms with Gasteiger partial charge in [-0.2, -0.15) is 5.10 Å². The van der Waals surface area contributed by atoms with E-state index in [4.69, 9.17) is 21.1 Å². The van der Waals surface area contributed by atoms with Gasteiger partial charge in [-0.1, -0.05) is 23.7 Å². The third-order valence-corrected chi connectivity index (χ3v) is 9.27. The van der Waals surface area contributed by atoms with E-state index >= 15 is 4.39 Å². The average molecular weight is 615 g/mol. The highest BCUT2D eigenvalue weighted by atomic mass is 35.5. The maximum absolute atomic E-state index is 15.0. The van der Waals surface area contributed by atoms with E-state index in [1.54, 1.807) is 23.1 Å². The van der Waals surface area contributed by atoms with Gasteiger partial charge in [-0.3, -0.25) is 14.6 Å². The molecule has 1 N–H and O–H groups in total. The van der Waals surface area contributed by atoms with E-state index in [1.165, 1.54) is 6.07 Å². The highest BCUT2D eigenvalue weighted by Crippen LogP contribution is 2.62. The van der Waals surface area contributed by atoms with E-state index < -0.39 is 17.6 Å². The molecule has 3 aromatic heterocycles. The maximum Gasteiger partial charge on any atom is 0.335 e. The van der Waals surface area contributed by atoms with Crippen LogP contribution in [-0.4, -0.2) is 53.4 Å². The number of para-hydroxylation sites is 1. The summed E-state index contributed by atoms with van der Waals surface area (Å²) in [6.07, 6.45) is 5.15. The number of hydrogen-bond acceptors (Lipinski definition) is 7. The number of carbonyl (C=O) groups is 1. The summed E-state index contributed by atoms with van der Waals surface area (Å²) in [5.74, 6) is 0.568. The van der Waals surface area contributed by atoms with E-state index in [-0.39, 0.29) is 11.1 Å². The second-order valence-electron chi connectivity index (χ2n) is 11.8. The van der Waals surface area contributed by atoms with Gasteiger partial charge in [0, 0.05) is 50.7 Å². The van der Waals surface area contributed by atoms with Crippen LogP contribution >= 0.6 is 11.6 Å². The molecule has 2 aliphatic heterocycles. The highest BCUT2D eigenvalue weighted by molar-refractivity contribution is 6.30. The predicted molar refractivity (Wildman–Crippen MR) is 158 cm³/mol. The Bertz CT molecular complexity index is 1900. The summed E-state index contributed by atoms with van der Waals surface area (Å²) < 4.78 is 31.5. The van der Waals surface area contributed by atoms with Crippen LogP contribution in [0.4, 0.5) is 4.39 Å². The summed E-state index contributed by atoms with van der Waals surface area (Å²) in [6.45, 7) is 5.14. The number of likely N-dealkylation sites (tertiary alicyclic amines) is 1. The van der Waals surface area contributed by atoms with E-state index in [1.807, 2.05) is 42.0 Å². The van der Waals surface area contributed by atoms with Gasteiger partial charge in [0.1, 0.15) is 17.0 Å². The van der Waals surface area contributed by atoms with Gasteiger partial charge in [-0.15, -0.1) is 0 Å². The third-order valence-electron chi connectivity index (χ3n) is 9.04. The Morgan fingerprint density at radius 3 is 2.70 bits per heavy atom. The van der Waals surface area contributed by atoms with Gasteiger partial charge in [0.25, 0.3) is 5.79 Å². The summed E-state index contributed by atoms with van der Waals surface area (Å²) in [4.78, 5) is 23.1. The van der Waals surface area contributed by atoms with Crippen LogP contribution in [0.2, 0.25) is 5.02 Å². The number of rotatable bonds is 8. The quantitative estimate of drug-likeness (QED) is 0.251. The minimum absolute atomic E-state index is 0.100. The van der Waals surface area contributed by atoms with Gasteiger partial charge in [-0.25, -0.2) is 14.2 Å². The first kappa shape index (κ1) is 27.1. The third kappa shape index (κ3) is 4.49. The lowest BCUT2D eigenvalue weighted by Crippen LogP contribution is -2.32. The van der Waals surface area contributed by atoms with Crippen molar-refractivity contribution in [1.82, 2.24) is 29.2 Å². The number of hydrogen-bond donors (Lipinski definition) is 1. The van der Waals surface area contributed by atoms with Crippen molar-refractivity contribution in [2.75, 3.05) is 13.1 Å². The van der Waals surface area contributed by atoms with Crippen LogP contribution < -0.4 is 9.47 Å². The molecule has 1 saturated heterocycles. The van der Waals surface area contributed by atoms with Crippen LogP contribution in [0.15, 0.2) is 67.1 Å². The Kier molecular flexibility index (Phi) is 6.18. The minimum Gasteiger partial charge on any atom is -0.478 e. The number of nitrogens with zero attached hydrogens (tertiary/aromatic N) is 6. The number of pyridine rings is 1. The summed E-state index contributed by atoms with van der Waals surface area (Å²) in [5.41, 5.74) is 2.35. The molecular weight excluding hydrogens is 587 g/mol. The fourth-order valence-electron chi connectivity index (χ4n) is 6.92. The Balaban J connectivity index is 1.01. The lowest BCUT2D eigenvalue weighted by atomic mass is 10.0. The fraction of sp³-hybridized carbons (Fsp3) is 0.312. The van der Waals surface area contributed by atoms with Crippen LogP contribution in [0, 0.1) is 17.7 Å². The number of benzene rings is 2. The number of ether oxygens (including phenoxy) is 2. The van der Waals surface area contributed by atoms with Crippen LogP contribution in [0.5, 0.6) is 11.5 Å². The lowest BCUT2D eigenvalue weighted by molar-refractivity contribution is -0.0721. The van der Waals surface area contributed by atoms with Gasteiger partial charge in [0.15, 0.2) is 17.3 Å². The zero-order valence-electron chi connectivity index (χ0n) is 23.7.